The predicted molar refractivity (Wildman–Crippen MR) is 110 cm³/mol. The van der Waals surface area contributed by atoms with Crippen LogP contribution in [0.25, 0.3) is 28.0 Å². The molecule has 0 aliphatic rings. The van der Waals surface area contributed by atoms with Crippen LogP contribution < -0.4 is 11.1 Å². The largest absolute Gasteiger partial charge is 0.383 e. The molecular formula is C20H18ClFN6. The van der Waals surface area contributed by atoms with E-state index in [1.165, 1.54) is 12.1 Å². The molecule has 4 rings (SSSR count). The van der Waals surface area contributed by atoms with Crippen LogP contribution in [0.3, 0.4) is 0 Å². The fourth-order valence-corrected chi connectivity index (χ4v) is 3.06. The summed E-state index contributed by atoms with van der Waals surface area (Å²) in [4.78, 5) is 9.13. The average molecular weight is 397 g/mol. The molecule has 2 aromatic carbocycles. The molecule has 0 aliphatic heterocycles. The van der Waals surface area contributed by atoms with Crippen LogP contribution in [0.5, 0.6) is 0 Å². The van der Waals surface area contributed by atoms with Gasteiger partial charge in [0, 0.05) is 16.6 Å². The van der Waals surface area contributed by atoms with E-state index in [0.717, 1.165) is 11.3 Å². The number of hydrogen-bond acceptors (Lipinski definition) is 5. The Labute approximate surface area is 166 Å². The number of rotatable bonds is 4. The van der Waals surface area contributed by atoms with Crippen molar-refractivity contribution in [1.82, 2.24) is 19.7 Å². The van der Waals surface area contributed by atoms with Crippen LogP contribution in [0.2, 0.25) is 5.02 Å². The number of hydrogen-bond donors (Lipinski definition) is 2. The smallest absolute Gasteiger partial charge is 0.225 e. The van der Waals surface area contributed by atoms with E-state index in [-0.39, 0.29) is 11.9 Å². The molecule has 0 fully saturated rings. The molecule has 4 aromatic rings. The summed E-state index contributed by atoms with van der Waals surface area (Å²) < 4.78 is 15.0. The summed E-state index contributed by atoms with van der Waals surface area (Å²) in [7, 11) is 0. The highest BCUT2D eigenvalue weighted by atomic mass is 35.5. The van der Waals surface area contributed by atoms with E-state index in [4.69, 9.17) is 17.3 Å². The summed E-state index contributed by atoms with van der Waals surface area (Å²) in [5.41, 5.74) is 8.94. The average Bonchev–Trinajstić information content (AvgIpc) is 2.98. The number of halogens is 2. The Morgan fingerprint density at radius 3 is 2.36 bits per heavy atom. The zero-order chi connectivity index (χ0) is 19.8. The van der Waals surface area contributed by atoms with Gasteiger partial charge in [-0.25, -0.2) is 14.1 Å². The van der Waals surface area contributed by atoms with Gasteiger partial charge in [-0.2, -0.15) is 4.98 Å². The van der Waals surface area contributed by atoms with Gasteiger partial charge >= 0.3 is 0 Å². The Hall–Kier alpha value is -3.19. The van der Waals surface area contributed by atoms with Crippen molar-refractivity contribution in [1.29, 1.82) is 0 Å². The Balaban J connectivity index is 1.97. The summed E-state index contributed by atoms with van der Waals surface area (Å²) in [6.07, 6.45) is 0. The van der Waals surface area contributed by atoms with E-state index < -0.39 is 0 Å². The lowest BCUT2D eigenvalue weighted by atomic mass is 10.1. The SMILES string of the molecule is CC(C)Nc1nc(-c2ccc(F)cc2)c2c(N)n(-c3ccc(Cl)cc3)nc2n1. The molecule has 0 saturated heterocycles. The monoisotopic (exact) mass is 396 g/mol. The first-order valence-electron chi connectivity index (χ1n) is 8.77. The van der Waals surface area contributed by atoms with E-state index in [1.807, 2.05) is 26.0 Å². The normalized spacial score (nSPS) is 11.3. The minimum atomic E-state index is -0.320. The maximum atomic E-state index is 13.4. The Kier molecular flexibility index (Phi) is 4.60. The zero-order valence-corrected chi connectivity index (χ0v) is 16.1. The number of nitrogens with one attached hydrogen (secondary N) is 1. The summed E-state index contributed by atoms with van der Waals surface area (Å²) in [5, 5.41) is 8.98. The van der Waals surface area contributed by atoms with Crippen LogP contribution in [0.4, 0.5) is 16.2 Å². The molecule has 2 heterocycles. The van der Waals surface area contributed by atoms with Gasteiger partial charge in [-0.15, -0.1) is 5.10 Å². The second-order valence-electron chi connectivity index (χ2n) is 6.67. The molecule has 0 saturated carbocycles. The molecule has 0 bridgehead atoms. The quantitative estimate of drug-likeness (QED) is 0.523. The van der Waals surface area contributed by atoms with Crippen molar-refractivity contribution in [3.05, 3.63) is 59.4 Å². The van der Waals surface area contributed by atoms with Crippen molar-refractivity contribution in [3.63, 3.8) is 0 Å². The molecule has 3 N–H and O–H groups in total. The van der Waals surface area contributed by atoms with E-state index >= 15 is 0 Å². The van der Waals surface area contributed by atoms with Gasteiger partial charge in [-0.3, -0.25) is 0 Å². The van der Waals surface area contributed by atoms with Crippen molar-refractivity contribution in [3.8, 4) is 16.9 Å². The fraction of sp³-hybridized carbons (Fsp3) is 0.150. The molecule has 28 heavy (non-hydrogen) atoms. The Morgan fingerprint density at radius 2 is 1.71 bits per heavy atom. The zero-order valence-electron chi connectivity index (χ0n) is 15.3. The van der Waals surface area contributed by atoms with Gasteiger partial charge in [0.25, 0.3) is 0 Å². The van der Waals surface area contributed by atoms with Crippen molar-refractivity contribution in [2.45, 2.75) is 19.9 Å². The molecular weight excluding hydrogens is 379 g/mol. The van der Waals surface area contributed by atoms with Crippen LogP contribution in [-0.4, -0.2) is 25.8 Å². The first-order chi connectivity index (χ1) is 13.4. The van der Waals surface area contributed by atoms with Gasteiger partial charge < -0.3 is 11.1 Å². The van der Waals surface area contributed by atoms with Gasteiger partial charge in [-0.1, -0.05) is 11.6 Å². The van der Waals surface area contributed by atoms with E-state index in [0.29, 0.717) is 33.5 Å². The Morgan fingerprint density at radius 1 is 1.04 bits per heavy atom. The summed E-state index contributed by atoms with van der Waals surface area (Å²) in [6.45, 7) is 3.98. The molecule has 0 aliphatic carbocycles. The molecule has 0 atom stereocenters. The summed E-state index contributed by atoms with van der Waals surface area (Å²) in [5.74, 6) is 0.509. The second kappa shape index (κ2) is 7.09. The standard InChI is InChI=1S/C20H18ClFN6/c1-11(2)24-20-25-17(12-3-7-14(22)8-4-12)16-18(23)28(27-19(16)26-20)15-9-5-13(21)6-10-15/h3-11H,23H2,1-2H3,(H,24,26,27). The van der Waals surface area contributed by atoms with Crippen LogP contribution in [-0.2, 0) is 0 Å². The van der Waals surface area contributed by atoms with Crippen molar-refractivity contribution in [2.75, 3.05) is 11.1 Å². The fourth-order valence-electron chi connectivity index (χ4n) is 2.93. The third-order valence-corrected chi connectivity index (χ3v) is 4.43. The van der Waals surface area contributed by atoms with E-state index in [9.17, 15) is 4.39 Å². The van der Waals surface area contributed by atoms with Gasteiger partial charge in [0.05, 0.1) is 16.8 Å². The lowest BCUT2D eigenvalue weighted by molar-refractivity contribution is 0.628. The van der Waals surface area contributed by atoms with Crippen molar-refractivity contribution >= 4 is 34.4 Å². The molecule has 0 radical (unpaired) electrons. The predicted octanol–water partition coefficient (Wildman–Crippen LogP) is 4.68. The van der Waals surface area contributed by atoms with Gasteiger partial charge in [0.15, 0.2) is 5.65 Å². The van der Waals surface area contributed by atoms with Gasteiger partial charge in [0.1, 0.15) is 11.6 Å². The summed E-state index contributed by atoms with van der Waals surface area (Å²) in [6, 6.07) is 13.4. The molecule has 0 amide bonds. The van der Waals surface area contributed by atoms with Crippen LogP contribution in [0.15, 0.2) is 48.5 Å². The van der Waals surface area contributed by atoms with Crippen LogP contribution in [0, 0.1) is 5.82 Å². The third kappa shape index (κ3) is 3.36. The highest BCUT2D eigenvalue weighted by molar-refractivity contribution is 6.30. The molecule has 6 nitrogen and oxygen atoms in total. The maximum absolute atomic E-state index is 13.4. The number of aromatic nitrogens is 4. The molecule has 0 unspecified atom stereocenters. The topological polar surface area (TPSA) is 81.6 Å². The highest BCUT2D eigenvalue weighted by Gasteiger charge is 2.19. The third-order valence-electron chi connectivity index (χ3n) is 4.18. The van der Waals surface area contributed by atoms with Crippen molar-refractivity contribution < 1.29 is 4.39 Å². The number of anilines is 2. The minimum Gasteiger partial charge on any atom is -0.383 e. The van der Waals surface area contributed by atoms with E-state index in [1.54, 1.807) is 28.9 Å². The van der Waals surface area contributed by atoms with Crippen LogP contribution >= 0.6 is 11.6 Å². The van der Waals surface area contributed by atoms with Crippen molar-refractivity contribution in [2.24, 2.45) is 0 Å². The number of nitrogens with zero attached hydrogens (tertiary/aromatic N) is 4. The molecule has 142 valence electrons. The molecule has 0 spiro atoms. The van der Waals surface area contributed by atoms with Gasteiger partial charge in [0.2, 0.25) is 5.95 Å². The lowest BCUT2D eigenvalue weighted by Crippen LogP contribution is -2.13. The first kappa shape index (κ1) is 18.2. The lowest BCUT2D eigenvalue weighted by Gasteiger charge is -2.10. The van der Waals surface area contributed by atoms with Gasteiger partial charge in [-0.05, 0) is 62.4 Å². The highest BCUT2D eigenvalue weighted by Crippen LogP contribution is 2.33. The number of nitrogens with two attached hydrogens (primary N) is 1. The Bertz CT molecular complexity index is 1140. The summed E-state index contributed by atoms with van der Waals surface area (Å²) >= 11 is 5.98. The molecule has 8 heteroatoms. The van der Waals surface area contributed by atoms with E-state index in [2.05, 4.69) is 20.4 Å². The number of nitrogen functional groups attached to an aromatic ring is 1. The molecule has 2 aromatic heterocycles. The maximum Gasteiger partial charge on any atom is 0.225 e. The number of fused-ring (bicyclic) bond motifs is 1. The minimum absolute atomic E-state index is 0.134. The second-order valence-corrected chi connectivity index (χ2v) is 7.11. The first-order valence-corrected chi connectivity index (χ1v) is 9.15. The number of benzene rings is 2. The van der Waals surface area contributed by atoms with Crippen LogP contribution in [0.1, 0.15) is 13.8 Å².